The third-order valence-corrected chi connectivity index (χ3v) is 5.02. The average Bonchev–Trinajstić information content (AvgIpc) is 2.69. The topological polar surface area (TPSA) is 59.8 Å². The maximum Gasteiger partial charge on any atom is 0.224 e. The molecule has 1 amide bonds. The van der Waals surface area contributed by atoms with Gasteiger partial charge >= 0.3 is 0 Å². The standard InChI is InChI=1S/C19H26N4O2/c20-16-18(17-4-2-1-3-5-17)22-10-8-21(9-11-22)7-6-19(24)23-12-14-25-15-13-23/h1-5,18H,6-15H2/t18-/m0/s1. The van der Waals surface area contributed by atoms with Crippen LogP contribution >= 0.6 is 0 Å². The highest BCUT2D eigenvalue weighted by atomic mass is 16.5. The van der Waals surface area contributed by atoms with E-state index in [1.54, 1.807) is 0 Å². The number of hydrogen-bond donors (Lipinski definition) is 0. The van der Waals surface area contributed by atoms with E-state index in [2.05, 4.69) is 15.9 Å². The lowest BCUT2D eigenvalue weighted by Gasteiger charge is -2.37. The minimum Gasteiger partial charge on any atom is -0.378 e. The van der Waals surface area contributed by atoms with E-state index in [4.69, 9.17) is 4.74 Å². The van der Waals surface area contributed by atoms with Crippen LogP contribution in [0.25, 0.3) is 0 Å². The highest BCUT2D eigenvalue weighted by Gasteiger charge is 2.25. The Labute approximate surface area is 149 Å². The Balaban J connectivity index is 1.44. The SMILES string of the molecule is N#C[C@@H](c1ccccc1)N1CCN(CCC(=O)N2CCOCC2)CC1. The molecule has 2 aliphatic rings. The van der Waals surface area contributed by atoms with Gasteiger partial charge in [0, 0.05) is 52.2 Å². The highest BCUT2D eigenvalue weighted by molar-refractivity contribution is 5.76. The van der Waals surface area contributed by atoms with Crippen LogP contribution in [0.2, 0.25) is 0 Å². The van der Waals surface area contributed by atoms with Gasteiger partial charge in [0.2, 0.25) is 5.91 Å². The highest BCUT2D eigenvalue weighted by Crippen LogP contribution is 2.21. The van der Waals surface area contributed by atoms with Crippen molar-refractivity contribution in [3.63, 3.8) is 0 Å². The molecule has 1 aromatic carbocycles. The van der Waals surface area contributed by atoms with Gasteiger partial charge in [0.1, 0.15) is 6.04 Å². The molecule has 2 aliphatic heterocycles. The quantitative estimate of drug-likeness (QED) is 0.802. The predicted molar refractivity (Wildman–Crippen MR) is 94.8 cm³/mol. The van der Waals surface area contributed by atoms with Gasteiger partial charge in [0.25, 0.3) is 0 Å². The molecule has 3 rings (SSSR count). The summed E-state index contributed by atoms with van der Waals surface area (Å²) in [5.41, 5.74) is 1.06. The van der Waals surface area contributed by atoms with Crippen molar-refractivity contribution < 1.29 is 9.53 Å². The summed E-state index contributed by atoms with van der Waals surface area (Å²) >= 11 is 0. The summed E-state index contributed by atoms with van der Waals surface area (Å²) in [4.78, 5) is 18.7. The molecule has 1 aromatic rings. The number of benzene rings is 1. The zero-order valence-corrected chi connectivity index (χ0v) is 14.6. The molecular weight excluding hydrogens is 316 g/mol. The monoisotopic (exact) mass is 342 g/mol. The van der Waals surface area contributed by atoms with Crippen LogP contribution in [-0.4, -0.2) is 79.6 Å². The van der Waals surface area contributed by atoms with Crippen molar-refractivity contribution in [1.29, 1.82) is 5.26 Å². The van der Waals surface area contributed by atoms with Crippen LogP contribution in [0.15, 0.2) is 30.3 Å². The van der Waals surface area contributed by atoms with E-state index in [0.717, 1.165) is 38.3 Å². The number of nitrogens with zero attached hydrogens (tertiary/aromatic N) is 4. The van der Waals surface area contributed by atoms with Gasteiger partial charge in [-0.2, -0.15) is 5.26 Å². The van der Waals surface area contributed by atoms with Crippen LogP contribution in [0, 0.1) is 11.3 Å². The van der Waals surface area contributed by atoms with Crippen LogP contribution in [0.3, 0.4) is 0 Å². The molecule has 6 nitrogen and oxygen atoms in total. The Morgan fingerprint density at radius 2 is 1.76 bits per heavy atom. The van der Waals surface area contributed by atoms with Crippen molar-refractivity contribution in [2.24, 2.45) is 0 Å². The maximum absolute atomic E-state index is 12.2. The Bertz CT molecular complexity index is 587. The third-order valence-electron chi connectivity index (χ3n) is 5.02. The molecule has 0 saturated carbocycles. The molecule has 0 radical (unpaired) electrons. The lowest BCUT2D eigenvalue weighted by Crippen LogP contribution is -2.48. The summed E-state index contributed by atoms with van der Waals surface area (Å²) < 4.78 is 5.29. The van der Waals surface area contributed by atoms with Gasteiger partial charge in [0.15, 0.2) is 0 Å². The number of nitriles is 1. The largest absolute Gasteiger partial charge is 0.378 e. The summed E-state index contributed by atoms with van der Waals surface area (Å²) in [5.74, 6) is 0.227. The average molecular weight is 342 g/mol. The molecule has 0 aromatic heterocycles. The number of piperazine rings is 1. The lowest BCUT2D eigenvalue weighted by atomic mass is 10.1. The summed E-state index contributed by atoms with van der Waals surface area (Å²) in [6.07, 6.45) is 0.570. The molecule has 0 bridgehead atoms. The zero-order valence-electron chi connectivity index (χ0n) is 14.6. The molecule has 2 saturated heterocycles. The zero-order chi connectivity index (χ0) is 17.5. The normalized spacial score (nSPS) is 20.8. The van der Waals surface area contributed by atoms with E-state index in [1.807, 2.05) is 35.2 Å². The Morgan fingerprint density at radius 3 is 2.40 bits per heavy atom. The molecule has 6 heteroatoms. The van der Waals surface area contributed by atoms with Gasteiger partial charge < -0.3 is 14.5 Å². The van der Waals surface area contributed by atoms with Gasteiger partial charge in [-0.25, -0.2) is 0 Å². The van der Waals surface area contributed by atoms with Gasteiger partial charge in [-0.3, -0.25) is 9.69 Å². The molecule has 0 unspecified atom stereocenters. The predicted octanol–water partition coefficient (Wildman–Crippen LogP) is 1.12. The first-order chi connectivity index (χ1) is 12.3. The van der Waals surface area contributed by atoms with Crippen LogP contribution in [0.5, 0.6) is 0 Å². The number of ether oxygens (including phenoxy) is 1. The first-order valence-electron chi connectivity index (χ1n) is 9.04. The molecule has 2 fully saturated rings. The Hall–Kier alpha value is -1.94. The van der Waals surface area contributed by atoms with E-state index in [-0.39, 0.29) is 11.9 Å². The number of carbonyl (C=O) groups is 1. The second-order valence-electron chi connectivity index (χ2n) is 6.56. The summed E-state index contributed by atoms with van der Waals surface area (Å²) in [5, 5.41) is 9.55. The van der Waals surface area contributed by atoms with Crippen molar-refractivity contribution in [3.8, 4) is 6.07 Å². The fourth-order valence-corrected chi connectivity index (χ4v) is 3.47. The van der Waals surface area contributed by atoms with Gasteiger partial charge in [-0.15, -0.1) is 0 Å². The smallest absolute Gasteiger partial charge is 0.224 e. The number of rotatable bonds is 5. The second-order valence-corrected chi connectivity index (χ2v) is 6.56. The van der Waals surface area contributed by atoms with Crippen LogP contribution in [0.1, 0.15) is 18.0 Å². The summed E-state index contributed by atoms with van der Waals surface area (Å²) in [6, 6.07) is 12.2. The Morgan fingerprint density at radius 1 is 1.08 bits per heavy atom. The molecule has 1 atom stereocenters. The number of morpholine rings is 1. The molecule has 25 heavy (non-hydrogen) atoms. The van der Waals surface area contributed by atoms with Gasteiger partial charge in [-0.1, -0.05) is 30.3 Å². The van der Waals surface area contributed by atoms with Crippen molar-refractivity contribution in [2.75, 3.05) is 59.0 Å². The molecule has 134 valence electrons. The summed E-state index contributed by atoms with van der Waals surface area (Å²) in [6.45, 7) is 7.06. The molecule has 0 aliphatic carbocycles. The number of hydrogen-bond acceptors (Lipinski definition) is 5. The van der Waals surface area contributed by atoms with Gasteiger partial charge in [0.05, 0.1) is 19.3 Å². The van der Waals surface area contributed by atoms with E-state index in [9.17, 15) is 10.1 Å². The first kappa shape index (κ1) is 17.9. The van der Waals surface area contributed by atoms with Crippen molar-refractivity contribution in [3.05, 3.63) is 35.9 Å². The van der Waals surface area contributed by atoms with Crippen LogP contribution in [-0.2, 0) is 9.53 Å². The minimum absolute atomic E-state index is 0.182. The lowest BCUT2D eigenvalue weighted by molar-refractivity contribution is -0.135. The van der Waals surface area contributed by atoms with E-state index >= 15 is 0 Å². The first-order valence-corrected chi connectivity index (χ1v) is 9.04. The third kappa shape index (κ3) is 4.79. The minimum atomic E-state index is -0.182. The number of amides is 1. The van der Waals surface area contributed by atoms with Crippen molar-refractivity contribution in [1.82, 2.24) is 14.7 Å². The fraction of sp³-hybridized carbons (Fsp3) is 0.579. The molecule has 2 heterocycles. The van der Waals surface area contributed by atoms with Crippen molar-refractivity contribution in [2.45, 2.75) is 12.5 Å². The molecule has 0 N–H and O–H groups in total. The molecule has 0 spiro atoms. The van der Waals surface area contributed by atoms with E-state index in [0.29, 0.717) is 32.7 Å². The summed E-state index contributed by atoms with van der Waals surface area (Å²) in [7, 11) is 0. The Kier molecular flexibility index (Phi) is 6.40. The second kappa shape index (κ2) is 8.95. The van der Waals surface area contributed by atoms with E-state index < -0.39 is 0 Å². The maximum atomic E-state index is 12.2. The van der Waals surface area contributed by atoms with Crippen molar-refractivity contribution >= 4 is 5.91 Å². The van der Waals surface area contributed by atoms with Crippen LogP contribution in [0.4, 0.5) is 0 Å². The van der Waals surface area contributed by atoms with Crippen LogP contribution < -0.4 is 0 Å². The molecular formula is C19H26N4O2. The van der Waals surface area contributed by atoms with Gasteiger partial charge in [-0.05, 0) is 5.56 Å². The fourth-order valence-electron chi connectivity index (χ4n) is 3.47. The number of carbonyl (C=O) groups excluding carboxylic acids is 1. The van der Waals surface area contributed by atoms with E-state index in [1.165, 1.54) is 0 Å².